The number of halogens is 1. The summed E-state index contributed by atoms with van der Waals surface area (Å²) in [5.74, 6) is 1.19. The quantitative estimate of drug-likeness (QED) is 0.395. The predicted octanol–water partition coefficient (Wildman–Crippen LogP) is 3.81. The molecule has 5 heterocycles. The Morgan fingerprint density at radius 2 is 1.83 bits per heavy atom. The molecule has 2 fully saturated rings. The Morgan fingerprint density at radius 3 is 2.50 bits per heavy atom. The average molecular weight is 526 g/mol. The normalized spacial score (nSPS) is 19.4. The minimum atomic E-state index is -0.194. The number of fused-ring (bicyclic) bond motifs is 3. The molecule has 2 aliphatic rings. The molecule has 2 aliphatic heterocycles. The minimum absolute atomic E-state index is 0. The Kier molecular flexibility index (Phi) is 7.70. The first-order valence-electron chi connectivity index (χ1n) is 11.8. The molecule has 2 unspecified atom stereocenters. The van der Waals surface area contributed by atoms with Gasteiger partial charge in [-0.15, -0.1) is 0 Å². The SMILES string of the molecule is Cc1nc(C)c2nc(-c3cccnc3)n(Cc3ccc(CN4CC5CC4CN5C)cc3F)c2n1.S.S. The number of likely N-dealkylation sites (N-methyl/N-ethyl adjacent to an activating group) is 1. The molecule has 0 saturated carbocycles. The van der Waals surface area contributed by atoms with Crippen molar-refractivity contribution in [3.63, 3.8) is 0 Å². The fraction of sp³-hybridized carbons (Fsp3) is 0.385. The van der Waals surface area contributed by atoms with E-state index in [0.29, 0.717) is 41.5 Å². The van der Waals surface area contributed by atoms with Crippen LogP contribution in [0.2, 0.25) is 0 Å². The molecule has 36 heavy (non-hydrogen) atoms. The highest BCUT2D eigenvalue weighted by Crippen LogP contribution is 2.31. The van der Waals surface area contributed by atoms with Crippen LogP contribution in [0.25, 0.3) is 22.6 Å². The third kappa shape index (κ3) is 4.74. The highest BCUT2D eigenvalue weighted by molar-refractivity contribution is 7.59. The molecular formula is C26H32FN7S2. The van der Waals surface area contributed by atoms with Crippen molar-refractivity contribution in [1.29, 1.82) is 0 Å². The van der Waals surface area contributed by atoms with E-state index in [-0.39, 0.29) is 32.8 Å². The van der Waals surface area contributed by atoms with Crippen molar-refractivity contribution in [2.24, 2.45) is 0 Å². The molecule has 10 heteroatoms. The lowest BCUT2D eigenvalue weighted by molar-refractivity contribution is 0.143. The second-order valence-electron chi connectivity index (χ2n) is 9.63. The number of aromatic nitrogens is 5. The summed E-state index contributed by atoms with van der Waals surface area (Å²) in [6.07, 6.45) is 4.73. The summed E-state index contributed by atoms with van der Waals surface area (Å²) >= 11 is 0. The summed E-state index contributed by atoms with van der Waals surface area (Å²) < 4.78 is 17.3. The first-order valence-corrected chi connectivity index (χ1v) is 11.8. The standard InChI is InChI=1S/C26H28FN7.2H2S/c1-16-24-26(30-17(2)29-16)34(25(31-24)19-5-4-8-28-11-19)13-20-7-6-18(9-23(20)27)12-33-15-21-10-22(33)14-32(21)3;;/h4-9,11,21-22H,10,12-15H2,1-3H3;2*1H2. The molecule has 0 aliphatic carbocycles. The summed E-state index contributed by atoms with van der Waals surface area (Å²) in [4.78, 5) is 23.1. The largest absolute Gasteiger partial charge is 0.304 e. The molecule has 4 aromatic rings. The van der Waals surface area contributed by atoms with E-state index in [0.717, 1.165) is 42.0 Å². The Balaban J connectivity index is 0.00000152. The van der Waals surface area contributed by atoms with E-state index in [1.807, 2.05) is 36.6 Å². The summed E-state index contributed by atoms with van der Waals surface area (Å²) in [7, 11) is 2.20. The second-order valence-corrected chi connectivity index (χ2v) is 9.63. The van der Waals surface area contributed by atoms with E-state index in [1.165, 1.54) is 6.42 Å². The van der Waals surface area contributed by atoms with E-state index >= 15 is 4.39 Å². The number of likely N-dealkylation sites (tertiary alicyclic amines) is 2. The van der Waals surface area contributed by atoms with Gasteiger partial charge in [-0.1, -0.05) is 12.1 Å². The van der Waals surface area contributed by atoms with Gasteiger partial charge in [0, 0.05) is 55.2 Å². The van der Waals surface area contributed by atoms with Crippen LogP contribution in [0.1, 0.15) is 29.1 Å². The van der Waals surface area contributed by atoms with E-state index in [9.17, 15) is 0 Å². The number of aryl methyl sites for hydroxylation is 2. The molecule has 3 aromatic heterocycles. The Labute approximate surface area is 224 Å². The van der Waals surface area contributed by atoms with E-state index in [2.05, 4.69) is 37.9 Å². The van der Waals surface area contributed by atoms with Gasteiger partial charge >= 0.3 is 0 Å². The highest BCUT2D eigenvalue weighted by atomic mass is 32.1. The highest BCUT2D eigenvalue weighted by Gasteiger charge is 2.41. The van der Waals surface area contributed by atoms with Gasteiger partial charge in [0.2, 0.25) is 0 Å². The van der Waals surface area contributed by atoms with Crippen LogP contribution in [0.5, 0.6) is 0 Å². The zero-order chi connectivity index (χ0) is 23.4. The molecule has 0 N–H and O–H groups in total. The molecule has 0 amide bonds. The number of benzene rings is 1. The third-order valence-corrected chi connectivity index (χ3v) is 7.26. The molecule has 2 bridgehead atoms. The van der Waals surface area contributed by atoms with Crippen LogP contribution in [0.15, 0.2) is 42.7 Å². The van der Waals surface area contributed by atoms with Gasteiger partial charge in [0.05, 0.1) is 12.2 Å². The zero-order valence-electron chi connectivity index (χ0n) is 20.7. The fourth-order valence-electron chi connectivity index (χ4n) is 5.50. The Bertz CT molecular complexity index is 1380. The molecule has 0 spiro atoms. The Morgan fingerprint density at radius 1 is 1.00 bits per heavy atom. The van der Waals surface area contributed by atoms with Crippen molar-refractivity contribution in [2.45, 2.75) is 45.4 Å². The van der Waals surface area contributed by atoms with Crippen LogP contribution < -0.4 is 0 Å². The second kappa shape index (κ2) is 10.5. The van der Waals surface area contributed by atoms with Gasteiger partial charge in [0.1, 0.15) is 23.0 Å². The first-order chi connectivity index (χ1) is 16.5. The van der Waals surface area contributed by atoms with Crippen LogP contribution in [0, 0.1) is 19.7 Å². The smallest absolute Gasteiger partial charge is 0.164 e. The molecule has 6 rings (SSSR count). The molecular weight excluding hydrogens is 493 g/mol. The zero-order valence-corrected chi connectivity index (χ0v) is 22.7. The van der Waals surface area contributed by atoms with Crippen molar-refractivity contribution in [2.75, 3.05) is 20.1 Å². The van der Waals surface area contributed by atoms with Crippen molar-refractivity contribution < 1.29 is 4.39 Å². The maximum Gasteiger partial charge on any atom is 0.164 e. The van der Waals surface area contributed by atoms with Crippen molar-refractivity contribution in [3.8, 4) is 11.4 Å². The van der Waals surface area contributed by atoms with Gasteiger partial charge in [-0.3, -0.25) is 9.88 Å². The number of piperazine rings is 1. The number of nitrogens with zero attached hydrogens (tertiary/aromatic N) is 7. The van der Waals surface area contributed by atoms with Crippen LogP contribution in [-0.2, 0) is 13.1 Å². The van der Waals surface area contributed by atoms with Gasteiger partial charge in [0.25, 0.3) is 0 Å². The monoisotopic (exact) mass is 525 g/mol. The molecule has 2 atom stereocenters. The molecule has 0 radical (unpaired) electrons. The summed E-state index contributed by atoms with van der Waals surface area (Å²) in [5.41, 5.74) is 4.76. The van der Waals surface area contributed by atoms with Crippen LogP contribution in [0.4, 0.5) is 4.39 Å². The first kappa shape index (κ1) is 26.5. The molecule has 2 saturated heterocycles. The number of hydrogen-bond acceptors (Lipinski definition) is 6. The van der Waals surface area contributed by atoms with Crippen molar-refractivity contribution >= 4 is 38.2 Å². The van der Waals surface area contributed by atoms with Gasteiger partial charge in [-0.05, 0) is 51.1 Å². The van der Waals surface area contributed by atoms with Gasteiger partial charge in [-0.25, -0.2) is 19.3 Å². The average Bonchev–Trinajstić information content (AvgIpc) is 3.49. The Hall–Kier alpha value is -2.53. The summed E-state index contributed by atoms with van der Waals surface area (Å²) in [6.45, 7) is 7.11. The van der Waals surface area contributed by atoms with Crippen LogP contribution >= 0.6 is 27.0 Å². The number of imidazole rings is 1. The van der Waals surface area contributed by atoms with E-state index in [4.69, 9.17) is 4.98 Å². The van der Waals surface area contributed by atoms with Crippen LogP contribution in [-0.4, -0.2) is 66.5 Å². The number of pyridine rings is 1. The van der Waals surface area contributed by atoms with Crippen LogP contribution in [0.3, 0.4) is 0 Å². The van der Waals surface area contributed by atoms with E-state index in [1.54, 1.807) is 18.5 Å². The van der Waals surface area contributed by atoms with E-state index < -0.39 is 0 Å². The lowest BCUT2D eigenvalue weighted by Crippen LogP contribution is -2.43. The topological polar surface area (TPSA) is 63.0 Å². The summed E-state index contributed by atoms with van der Waals surface area (Å²) in [5, 5.41) is 0. The third-order valence-electron chi connectivity index (χ3n) is 7.26. The summed E-state index contributed by atoms with van der Waals surface area (Å²) in [6, 6.07) is 10.7. The molecule has 1 aromatic carbocycles. The molecule has 190 valence electrons. The minimum Gasteiger partial charge on any atom is -0.304 e. The molecule has 7 nitrogen and oxygen atoms in total. The van der Waals surface area contributed by atoms with Gasteiger partial charge in [0.15, 0.2) is 5.65 Å². The van der Waals surface area contributed by atoms with Gasteiger partial charge in [-0.2, -0.15) is 27.0 Å². The van der Waals surface area contributed by atoms with Crippen molar-refractivity contribution in [1.82, 2.24) is 34.3 Å². The number of rotatable bonds is 5. The fourth-order valence-corrected chi connectivity index (χ4v) is 5.50. The maximum atomic E-state index is 15.4. The van der Waals surface area contributed by atoms with Crippen molar-refractivity contribution in [3.05, 3.63) is 71.2 Å². The number of hydrogen-bond donors (Lipinski definition) is 0. The maximum absolute atomic E-state index is 15.4. The lowest BCUT2D eigenvalue weighted by Gasteiger charge is -2.31. The predicted molar refractivity (Wildman–Crippen MR) is 150 cm³/mol. The van der Waals surface area contributed by atoms with Gasteiger partial charge < -0.3 is 9.47 Å². The lowest BCUT2D eigenvalue weighted by atomic mass is 10.1.